The number of hydrogen-bond acceptors (Lipinski definition) is 3. The van der Waals surface area contributed by atoms with Gasteiger partial charge < -0.3 is 15.5 Å². The molecular formula is C19H27ClF3N5. The minimum absolute atomic E-state index is 0.201. The number of alkyl halides is 3. The molecule has 28 heavy (non-hydrogen) atoms. The van der Waals surface area contributed by atoms with Crippen molar-refractivity contribution in [1.82, 2.24) is 15.5 Å². The summed E-state index contributed by atoms with van der Waals surface area (Å²) in [6, 6.07) is 8.08. The molecule has 2 heterocycles. The minimum Gasteiger partial charge on any atom is -0.369 e. The van der Waals surface area contributed by atoms with Crippen molar-refractivity contribution in [3.05, 3.63) is 29.3 Å². The topological polar surface area (TPSA) is 42.9 Å². The summed E-state index contributed by atoms with van der Waals surface area (Å²) in [6.45, 7) is 2.55. The van der Waals surface area contributed by atoms with Gasteiger partial charge >= 0.3 is 6.18 Å². The largest absolute Gasteiger partial charge is 0.401 e. The molecule has 2 N–H and O–H groups in total. The Morgan fingerprint density at radius 1 is 1.25 bits per heavy atom. The average molecular weight is 418 g/mol. The molecule has 0 aliphatic carbocycles. The molecule has 2 aliphatic heterocycles. The van der Waals surface area contributed by atoms with Crippen LogP contribution < -0.4 is 15.5 Å². The lowest BCUT2D eigenvalue weighted by atomic mass is 10.1. The van der Waals surface area contributed by atoms with Gasteiger partial charge in [-0.1, -0.05) is 17.7 Å². The second-order valence-electron chi connectivity index (χ2n) is 7.51. The van der Waals surface area contributed by atoms with Gasteiger partial charge in [0.05, 0.1) is 6.54 Å². The van der Waals surface area contributed by atoms with Gasteiger partial charge in [0, 0.05) is 50.0 Å². The molecule has 1 aromatic rings. The summed E-state index contributed by atoms with van der Waals surface area (Å²) in [7, 11) is 1.71. The van der Waals surface area contributed by atoms with Gasteiger partial charge in [0.25, 0.3) is 0 Å². The van der Waals surface area contributed by atoms with E-state index in [2.05, 4.69) is 20.5 Å². The predicted molar refractivity (Wildman–Crippen MR) is 107 cm³/mol. The SMILES string of the molecule is CN=C(NCC1CCN(CC(F)(F)F)C1)NC1CCN(c2cccc(Cl)c2)C1. The summed E-state index contributed by atoms with van der Waals surface area (Å²) >= 11 is 6.08. The van der Waals surface area contributed by atoms with Gasteiger partial charge in [-0.3, -0.25) is 9.89 Å². The molecule has 5 nitrogen and oxygen atoms in total. The van der Waals surface area contributed by atoms with E-state index in [1.165, 1.54) is 4.90 Å². The first-order chi connectivity index (χ1) is 13.3. The van der Waals surface area contributed by atoms with Crippen molar-refractivity contribution in [2.45, 2.75) is 25.1 Å². The van der Waals surface area contributed by atoms with Crippen LogP contribution in [0, 0.1) is 5.92 Å². The van der Waals surface area contributed by atoms with Crippen LogP contribution in [0.4, 0.5) is 18.9 Å². The summed E-state index contributed by atoms with van der Waals surface area (Å²) in [5.74, 6) is 0.902. The number of likely N-dealkylation sites (tertiary alicyclic amines) is 1. The number of anilines is 1. The Morgan fingerprint density at radius 2 is 2.07 bits per heavy atom. The van der Waals surface area contributed by atoms with Gasteiger partial charge in [0.2, 0.25) is 0 Å². The first-order valence-corrected chi connectivity index (χ1v) is 9.97. The van der Waals surface area contributed by atoms with E-state index in [0.29, 0.717) is 25.6 Å². The second kappa shape index (κ2) is 9.22. The average Bonchev–Trinajstić information content (AvgIpc) is 3.26. The van der Waals surface area contributed by atoms with Gasteiger partial charge in [-0.05, 0) is 43.5 Å². The van der Waals surface area contributed by atoms with E-state index < -0.39 is 12.7 Å². The summed E-state index contributed by atoms with van der Waals surface area (Å²) in [6.07, 6.45) is -2.38. The predicted octanol–water partition coefficient (Wildman–Crippen LogP) is 2.97. The number of halogens is 4. The minimum atomic E-state index is -4.13. The van der Waals surface area contributed by atoms with Crippen molar-refractivity contribution >= 4 is 23.2 Å². The zero-order valence-corrected chi connectivity index (χ0v) is 16.7. The number of aliphatic imine (C=N–C) groups is 1. The number of benzene rings is 1. The number of guanidine groups is 1. The van der Waals surface area contributed by atoms with E-state index in [-0.39, 0.29) is 12.0 Å². The fourth-order valence-corrected chi connectivity index (χ4v) is 4.08. The fourth-order valence-electron chi connectivity index (χ4n) is 3.89. The maximum Gasteiger partial charge on any atom is 0.401 e. The standard InChI is InChI=1S/C19H27ClF3N5/c1-24-18(25-10-14-5-7-27(11-14)13-19(21,22)23)26-16-6-8-28(12-16)17-4-2-3-15(20)9-17/h2-4,9,14,16H,5-8,10-13H2,1H3,(H2,24,25,26). The summed E-state index contributed by atoms with van der Waals surface area (Å²) in [5.41, 5.74) is 1.11. The molecule has 0 aromatic heterocycles. The third-order valence-electron chi connectivity index (χ3n) is 5.26. The highest BCUT2D eigenvalue weighted by Crippen LogP contribution is 2.24. The lowest BCUT2D eigenvalue weighted by Gasteiger charge is -2.21. The third kappa shape index (κ3) is 6.17. The molecule has 0 radical (unpaired) electrons. The van der Waals surface area contributed by atoms with Crippen LogP contribution in [0.15, 0.2) is 29.3 Å². The highest BCUT2D eigenvalue weighted by molar-refractivity contribution is 6.30. The number of nitrogens with zero attached hydrogens (tertiary/aromatic N) is 3. The number of hydrogen-bond donors (Lipinski definition) is 2. The van der Waals surface area contributed by atoms with Gasteiger partial charge in [-0.15, -0.1) is 0 Å². The third-order valence-corrected chi connectivity index (χ3v) is 5.49. The van der Waals surface area contributed by atoms with Crippen molar-refractivity contribution in [1.29, 1.82) is 0 Å². The fraction of sp³-hybridized carbons (Fsp3) is 0.632. The zero-order chi connectivity index (χ0) is 20.1. The second-order valence-corrected chi connectivity index (χ2v) is 7.95. The lowest BCUT2D eigenvalue weighted by Crippen LogP contribution is -2.46. The number of rotatable bonds is 5. The Bertz CT molecular complexity index is 682. The van der Waals surface area contributed by atoms with Crippen molar-refractivity contribution in [2.75, 3.05) is 51.2 Å². The van der Waals surface area contributed by atoms with E-state index in [1.807, 2.05) is 24.3 Å². The normalized spacial score (nSPS) is 24.0. The molecule has 2 unspecified atom stereocenters. The molecular weight excluding hydrogens is 391 g/mol. The van der Waals surface area contributed by atoms with Gasteiger partial charge in [-0.25, -0.2) is 0 Å². The van der Waals surface area contributed by atoms with E-state index in [4.69, 9.17) is 11.6 Å². The van der Waals surface area contributed by atoms with E-state index in [1.54, 1.807) is 7.05 Å². The quantitative estimate of drug-likeness (QED) is 0.571. The highest BCUT2D eigenvalue weighted by atomic mass is 35.5. The molecule has 0 amide bonds. The van der Waals surface area contributed by atoms with Gasteiger partial charge in [0.1, 0.15) is 0 Å². The van der Waals surface area contributed by atoms with Crippen LogP contribution in [-0.2, 0) is 0 Å². The van der Waals surface area contributed by atoms with E-state index >= 15 is 0 Å². The molecule has 0 bridgehead atoms. The zero-order valence-electron chi connectivity index (χ0n) is 16.0. The van der Waals surface area contributed by atoms with Crippen molar-refractivity contribution in [3.63, 3.8) is 0 Å². The summed E-state index contributed by atoms with van der Waals surface area (Å²) in [4.78, 5) is 8.02. The summed E-state index contributed by atoms with van der Waals surface area (Å²) < 4.78 is 37.5. The Morgan fingerprint density at radius 3 is 2.79 bits per heavy atom. The van der Waals surface area contributed by atoms with Crippen molar-refractivity contribution < 1.29 is 13.2 Å². The molecule has 3 rings (SSSR count). The van der Waals surface area contributed by atoms with Gasteiger partial charge in [-0.2, -0.15) is 13.2 Å². The first-order valence-electron chi connectivity index (χ1n) is 9.59. The highest BCUT2D eigenvalue weighted by Gasteiger charge is 2.34. The van der Waals surface area contributed by atoms with E-state index in [9.17, 15) is 13.2 Å². The Balaban J connectivity index is 1.42. The molecule has 9 heteroatoms. The molecule has 2 saturated heterocycles. The summed E-state index contributed by atoms with van der Waals surface area (Å²) in [5, 5.41) is 7.43. The maximum atomic E-state index is 12.5. The van der Waals surface area contributed by atoms with Crippen molar-refractivity contribution in [3.8, 4) is 0 Å². The molecule has 2 aliphatic rings. The lowest BCUT2D eigenvalue weighted by molar-refractivity contribution is -0.143. The Kier molecular flexibility index (Phi) is 6.93. The van der Waals surface area contributed by atoms with E-state index in [0.717, 1.165) is 36.6 Å². The Labute approximate surface area is 168 Å². The molecule has 156 valence electrons. The van der Waals surface area contributed by atoms with Crippen LogP contribution in [0.3, 0.4) is 0 Å². The monoisotopic (exact) mass is 417 g/mol. The molecule has 2 atom stereocenters. The number of nitrogens with one attached hydrogen (secondary N) is 2. The van der Waals surface area contributed by atoms with Crippen LogP contribution in [0.1, 0.15) is 12.8 Å². The van der Waals surface area contributed by atoms with Crippen LogP contribution in [0.5, 0.6) is 0 Å². The molecule has 2 fully saturated rings. The Hall–Kier alpha value is -1.67. The molecule has 1 aromatic carbocycles. The van der Waals surface area contributed by atoms with Crippen LogP contribution in [-0.4, -0.2) is 69.4 Å². The smallest absolute Gasteiger partial charge is 0.369 e. The van der Waals surface area contributed by atoms with Crippen LogP contribution in [0.2, 0.25) is 5.02 Å². The molecule has 0 spiro atoms. The van der Waals surface area contributed by atoms with Crippen molar-refractivity contribution in [2.24, 2.45) is 10.9 Å². The van der Waals surface area contributed by atoms with Crippen LogP contribution in [0.25, 0.3) is 0 Å². The first kappa shape index (κ1) is 21.0. The van der Waals surface area contributed by atoms with Gasteiger partial charge in [0.15, 0.2) is 5.96 Å². The maximum absolute atomic E-state index is 12.5. The van der Waals surface area contributed by atoms with Crippen LogP contribution >= 0.6 is 11.6 Å². The molecule has 0 saturated carbocycles.